The zero-order chi connectivity index (χ0) is 15.1. The molecule has 0 N–H and O–H groups in total. The molecule has 0 unspecified atom stereocenters. The minimum atomic E-state index is -1.25. The molecule has 1 saturated carbocycles. The van der Waals surface area contributed by atoms with Crippen LogP contribution in [0.3, 0.4) is 0 Å². The van der Waals surface area contributed by atoms with E-state index in [2.05, 4.69) is 10.2 Å². The first-order valence-electron chi connectivity index (χ1n) is 6.29. The SMILES string of the molecule is O=C1CCCC(=O)C1C(=O)c1ccn2c(Cl)nnc2c1Cl. The van der Waals surface area contributed by atoms with Gasteiger partial charge in [0.1, 0.15) is 5.92 Å². The van der Waals surface area contributed by atoms with Gasteiger partial charge in [0, 0.05) is 24.6 Å². The van der Waals surface area contributed by atoms with Gasteiger partial charge in [-0.25, -0.2) is 0 Å². The summed E-state index contributed by atoms with van der Waals surface area (Å²) >= 11 is 11.9. The highest BCUT2D eigenvalue weighted by molar-refractivity contribution is 6.39. The molecule has 0 spiro atoms. The van der Waals surface area contributed by atoms with Crippen molar-refractivity contribution >= 4 is 46.2 Å². The van der Waals surface area contributed by atoms with Crippen LogP contribution in [0.5, 0.6) is 0 Å². The van der Waals surface area contributed by atoms with Gasteiger partial charge in [0.05, 0.1) is 5.02 Å². The summed E-state index contributed by atoms with van der Waals surface area (Å²) in [5.74, 6) is -2.55. The molecule has 3 rings (SSSR count). The molecule has 6 nitrogen and oxygen atoms in total. The summed E-state index contributed by atoms with van der Waals surface area (Å²) < 4.78 is 1.41. The highest BCUT2D eigenvalue weighted by atomic mass is 35.5. The number of nitrogens with zero attached hydrogens (tertiary/aromatic N) is 3. The Balaban J connectivity index is 2.07. The zero-order valence-corrected chi connectivity index (χ0v) is 12.2. The van der Waals surface area contributed by atoms with E-state index in [4.69, 9.17) is 23.2 Å². The van der Waals surface area contributed by atoms with E-state index >= 15 is 0 Å². The van der Waals surface area contributed by atoms with Gasteiger partial charge in [-0.05, 0) is 24.1 Å². The Morgan fingerprint density at radius 1 is 1.19 bits per heavy atom. The summed E-state index contributed by atoms with van der Waals surface area (Å²) in [5, 5.41) is 7.56. The van der Waals surface area contributed by atoms with Gasteiger partial charge >= 0.3 is 0 Å². The number of ketones is 3. The second-order valence-corrected chi connectivity index (χ2v) is 5.51. The molecular formula is C13H9Cl2N3O3. The van der Waals surface area contributed by atoms with Gasteiger partial charge in [-0.15, -0.1) is 10.2 Å². The summed E-state index contributed by atoms with van der Waals surface area (Å²) in [7, 11) is 0. The van der Waals surface area contributed by atoms with E-state index in [1.807, 2.05) is 0 Å². The average Bonchev–Trinajstić information content (AvgIpc) is 2.81. The number of hydrogen-bond donors (Lipinski definition) is 0. The molecule has 1 aliphatic rings. The van der Waals surface area contributed by atoms with Crippen LogP contribution in [0.15, 0.2) is 12.3 Å². The normalized spacial score (nSPS) is 16.7. The van der Waals surface area contributed by atoms with E-state index in [0.717, 1.165) is 0 Å². The van der Waals surface area contributed by atoms with E-state index < -0.39 is 11.7 Å². The Hall–Kier alpha value is -1.79. The number of pyridine rings is 1. The number of halogens is 2. The van der Waals surface area contributed by atoms with Crippen molar-refractivity contribution in [2.24, 2.45) is 5.92 Å². The van der Waals surface area contributed by atoms with Crippen molar-refractivity contribution in [3.05, 3.63) is 28.1 Å². The van der Waals surface area contributed by atoms with Crippen molar-refractivity contribution < 1.29 is 14.4 Å². The molecule has 1 aliphatic carbocycles. The molecule has 0 amide bonds. The highest BCUT2D eigenvalue weighted by Gasteiger charge is 2.37. The summed E-state index contributed by atoms with van der Waals surface area (Å²) in [4.78, 5) is 36.2. The lowest BCUT2D eigenvalue weighted by Crippen LogP contribution is -2.35. The molecule has 2 aromatic rings. The van der Waals surface area contributed by atoms with Crippen molar-refractivity contribution in [3.63, 3.8) is 0 Å². The smallest absolute Gasteiger partial charge is 0.229 e. The summed E-state index contributed by atoms with van der Waals surface area (Å²) in [6.45, 7) is 0. The third-order valence-electron chi connectivity index (χ3n) is 3.50. The van der Waals surface area contributed by atoms with Crippen LogP contribution in [0.2, 0.25) is 10.3 Å². The second-order valence-electron chi connectivity index (χ2n) is 4.79. The molecule has 0 aliphatic heterocycles. The quantitative estimate of drug-likeness (QED) is 0.624. The third-order valence-corrected chi connectivity index (χ3v) is 4.13. The molecule has 0 radical (unpaired) electrons. The van der Waals surface area contributed by atoms with Crippen LogP contribution < -0.4 is 0 Å². The first kappa shape index (κ1) is 14.2. The predicted molar refractivity (Wildman–Crippen MR) is 74.7 cm³/mol. The Morgan fingerprint density at radius 3 is 2.52 bits per heavy atom. The van der Waals surface area contributed by atoms with Crippen LogP contribution in [0.1, 0.15) is 29.6 Å². The highest BCUT2D eigenvalue weighted by Crippen LogP contribution is 2.28. The topological polar surface area (TPSA) is 81.4 Å². The number of carbonyl (C=O) groups excluding carboxylic acids is 3. The Bertz CT molecular complexity index is 768. The van der Waals surface area contributed by atoms with E-state index in [0.29, 0.717) is 6.42 Å². The average molecular weight is 326 g/mol. The van der Waals surface area contributed by atoms with Gasteiger partial charge < -0.3 is 0 Å². The molecule has 0 atom stereocenters. The molecule has 0 bridgehead atoms. The van der Waals surface area contributed by atoms with Crippen molar-refractivity contribution in [2.45, 2.75) is 19.3 Å². The Morgan fingerprint density at radius 2 is 1.86 bits per heavy atom. The van der Waals surface area contributed by atoms with Crippen LogP contribution in [-0.2, 0) is 9.59 Å². The van der Waals surface area contributed by atoms with Crippen molar-refractivity contribution in [1.29, 1.82) is 0 Å². The van der Waals surface area contributed by atoms with Gasteiger partial charge in [-0.1, -0.05) is 11.6 Å². The minimum absolute atomic E-state index is 0.0353. The van der Waals surface area contributed by atoms with E-state index in [-0.39, 0.29) is 45.9 Å². The molecular weight excluding hydrogens is 317 g/mol. The fourth-order valence-corrected chi connectivity index (χ4v) is 2.90. The van der Waals surface area contributed by atoms with Crippen molar-refractivity contribution in [3.8, 4) is 0 Å². The molecule has 108 valence electrons. The lowest BCUT2D eigenvalue weighted by Gasteiger charge is -2.18. The molecule has 0 saturated heterocycles. The van der Waals surface area contributed by atoms with Gasteiger partial charge in [-0.3, -0.25) is 18.8 Å². The molecule has 0 aromatic carbocycles. The monoisotopic (exact) mass is 325 g/mol. The van der Waals surface area contributed by atoms with Crippen LogP contribution in [0.25, 0.3) is 5.65 Å². The molecule has 8 heteroatoms. The molecule has 2 aromatic heterocycles. The lowest BCUT2D eigenvalue weighted by molar-refractivity contribution is -0.133. The Labute approximate surface area is 129 Å². The number of carbonyl (C=O) groups is 3. The number of hydrogen-bond acceptors (Lipinski definition) is 5. The minimum Gasteiger partial charge on any atom is -0.298 e. The Kier molecular flexibility index (Phi) is 3.51. The van der Waals surface area contributed by atoms with Crippen LogP contribution in [0, 0.1) is 5.92 Å². The lowest BCUT2D eigenvalue weighted by atomic mass is 9.82. The number of fused-ring (bicyclic) bond motifs is 1. The zero-order valence-electron chi connectivity index (χ0n) is 10.7. The summed E-state index contributed by atoms with van der Waals surface area (Å²) in [6, 6.07) is 1.42. The van der Waals surface area contributed by atoms with Crippen molar-refractivity contribution in [2.75, 3.05) is 0 Å². The largest absolute Gasteiger partial charge is 0.298 e. The van der Waals surface area contributed by atoms with Crippen LogP contribution in [0.4, 0.5) is 0 Å². The maximum Gasteiger partial charge on any atom is 0.229 e. The molecule has 2 heterocycles. The maximum atomic E-state index is 12.5. The first-order chi connectivity index (χ1) is 10.0. The number of aromatic nitrogens is 3. The third kappa shape index (κ3) is 2.24. The first-order valence-corrected chi connectivity index (χ1v) is 7.04. The predicted octanol–water partition coefficient (Wildman–Crippen LogP) is 2.16. The summed E-state index contributed by atoms with van der Waals surface area (Å²) in [6.07, 6.45) is 2.44. The van der Waals surface area contributed by atoms with Crippen LogP contribution >= 0.6 is 23.2 Å². The van der Waals surface area contributed by atoms with E-state index in [1.54, 1.807) is 0 Å². The van der Waals surface area contributed by atoms with Gasteiger partial charge in [0.15, 0.2) is 23.0 Å². The molecule has 1 fully saturated rings. The van der Waals surface area contributed by atoms with Crippen LogP contribution in [-0.4, -0.2) is 31.9 Å². The van der Waals surface area contributed by atoms with Gasteiger partial charge in [0.2, 0.25) is 5.28 Å². The van der Waals surface area contributed by atoms with Gasteiger partial charge in [0.25, 0.3) is 0 Å². The molecule has 21 heavy (non-hydrogen) atoms. The summed E-state index contributed by atoms with van der Waals surface area (Å²) in [5.41, 5.74) is 0.296. The van der Waals surface area contributed by atoms with Crippen molar-refractivity contribution in [1.82, 2.24) is 14.6 Å². The fraction of sp³-hybridized carbons (Fsp3) is 0.308. The van der Waals surface area contributed by atoms with E-state index in [9.17, 15) is 14.4 Å². The number of rotatable bonds is 2. The standard InChI is InChI=1S/C13H9Cl2N3O3/c14-10-6(4-5-18-12(10)16-17-13(18)15)11(21)9-7(19)2-1-3-8(9)20/h4-5,9H,1-3H2. The second kappa shape index (κ2) is 5.20. The maximum absolute atomic E-state index is 12.5. The van der Waals surface area contributed by atoms with Gasteiger partial charge in [-0.2, -0.15) is 0 Å². The van der Waals surface area contributed by atoms with E-state index in [1.165, 1.54) is 16.7 Å². The number of Topliss-reactive ketones (excluding diaryl/α,β-unsaturated/α-hetero) is 3. The fourth-order valence-electron chi connectivity index (χ4n) is 2.44.